The molecule has 0 N–H and O–H groups in total. The van der Waals surface area contributed by atoms with Gasteiger partial charge in [-0.1, -0.05) is 42.5 Å². The average Bonchev–Trinajstić information content (AvgIpc) is 2.63. The monoisotopic (exact) mass is 187 g/mol. The van der Waals surface area contributed by atoms with Crippen LogP contribution in [0.2, 0.25) is 0 Å². The van der Waals surface area contributed by atoms with Crippen LogP contribution < -0.4 is 0 Å². The topological polar surface area (TPSA) is 0 Å². The van der Waals surface area contributed by atoms with Gasteiger partial charge in [-0.05, 0) is 23.6 Å². The number of allylic oxidation sites excluding steroid dienone is 3. The summed E-state index contributed by atoms with van der Waals surface area (Å²) in [5, 5.41) is 0. The lowest BCUT2D eigenvalue weighted by Gasteiger charge is -2.06. The summed E-state index contributed by atoms with van der Waals surface area (Å²) in [5.74, 6) is 0.383. The zero-order chi connectivity index (χ0) is 9.80. The molecule has 0 spiro atoms. The number of benzene rings is 1. The lowest BCUT2D eigenvalue weighted by atomic mass is 9.97. The highest BCUT2D eigenvalue weighted by molar-refractivity contribution is 5.42. The molecule has 1 aliphatic carbocycles. The van der Waals surface area contributed by atoms with Crippen molar-refractivity contribution in [3.8, 4) is 0 Å². The van der Waals surface area contributed by atoms with Crippen molar-refractivity contribution in [2.24, 2.45) is 0 Å². The van der Waals surface area contributed by atoms with E-state index in [1.54, 1.807) is 6.08 Å². The van der Waals surface area contributed by atoms with Crippen LogP contribution in [0.4, 0.5) is 4.39 Å². The van der Waals surface area contributed by atoms with E-state index in [0.717, 1.165) is 6.42 Å². The van der Waals surface area contributed by atoms with Gasteiger partial charge >= 0.3 is 0 Å². The molecule has 14 heavy (non-hydrogen) atoms. The van der Waals surface area contributed by atoms with E-state index >= 15 is 0 Å². The van der Waals surface area contributed by atoms with Crippen molar-refractivity contribution in [3.63, 3.8) is 0 Å². The van der Waals surface area contributed by atoms with Gasteiger partial charge in [-0.3, -0.25) is 0 Å². The van der Waals surface area contributed by atoms with E-state index in [-0.39, 0.29) is 6.67 Å². The summed E-state index contributed by atoms with van der Waals surface area (Å²) in [6, 6.07) is 8.22. The second-order valence-corrected chi connectivity index (χ2v) is 3.37. The second kappa shape index (κ2) is 4.23. The van der Waals surface area contributed by atoms with E-state index in [0.29, 0.717) is 5.92 Å². The van der Waals surface area contributed by atoms with Gasteiger partial charge < -0.3 is 0 Å². The Balaban J connectivity index is 2.11. The minimum atomic E-state index is -0.373. The Bertz CT molecular complexity index is 363. The van der Waals surface area contributed by atoms with Gasteiger partial charge in [-0.2, -0.15) is 0 Å². The van der Waals surface area contributed by atoms with Crippen LogP contribution in [-0.4, -0.2) is 6.67 Å². The Morgan fingerprint density at radius 3 is 3.00 bits per heavy atom. The van der Waals surface area contributed by atoms with Crippen molar-refractivity contribution in [3.05, 3.63) is 59.7 Å². The first kappa shape index (κ1) is 9.20. The molecule has 1 aromatic rings. The molecule has 1 aliphatic rings. The first-order valence-corrected chi connectivity index (χ1v) is 4.81. The van der Waals surface area contributed by atoms with Gasteiger partial charge in [0.15, 0.2) is 0 Å². The molecule has 0 aromatic heterocycles. The molecule has 0 saturated carbocycles. The standard InChI is InChI=1S/C13H12F/c14-10-4-3-6-12-9-8-11-5-1-2-7-13(11)12/h1-5,7,9,12H,6,10H2/b4-3+. The van der Waals surface area contributed by atoms with Crippen LogP contribution >= 0.6 is 0 Å². The molecule has 1 radical (unpaired) electrons. The van der Waals surface area contributed by atoms with Crippen LogP contribution in [0.25, 0.3) is 0 Å². The molecule has 0 bridgehead atoms. The molecule has 0 fully saturated rings. The van der Waals surface area contributed by atoms with Gasteiger partial charge in [0.25, 0.3) is 0 Å². The van der Waals surface area contributed by atoms with E-state index in [1.807, 2.05) is 18.2 Å². The van der Waals surface area contributed by atoms with E-state index in [9.17, 15) is 4.39 Å². The van der Waals surface area contributed by atoms with Crippen molar-refractivity contribution in [1.29, 1.82) is 0 Å². The van der Waals surface area contributed by atoms with E-state index in [1.165, 1.54) is 11.1 Å². The first-order chi connectivity index (χ1) is 6.92. The first-order valence-electron chi connectivity index (χ1n) is 4.81. The zero-order valence-electron chi connectivity index (χ0n) is 7.91. The molecule has 1 unspecified atom stereocenters. The van der Waals surface area contributed by atoms with Crippen LogP contribution in [0.3, 0.4) is 0 Å². The van der Waals surface area contributed by atoms with Crippen molar-refractivity contribution in [2.75, 3.05) is 6.67 Å². The normalized spacial score (nSPS) is 19.1. The summed E-state index contributed by atoms with van der Waals surface area (Å²) >= 11 is 0. The molecule has 1 aromatic carbocycles. The number of rotatable bonds is 3. The minimum absolute atomic E-state index is 0.373. The number of hydrogen-bond donors (Lipinski definition) is 0. The molecule has 71 valence electrons. The van der Waals surface area contributed by atoms with Gasteiger partial charge in [-0.15, -0.1) is 0 Å². The summed E-state index contributed by atoms with van der Waals surface area (Å²) in [5.41, 5.74) is 2.47. The Morgan fingerprint density at radius 2 is 2.14 bits per heavy atom. The average molecular weight is 187 g/mol. The number of fused-ring (bicyclic) bond motifs is 1. The third-order valence-corrected chi connectivity index (χ3v) is 2.45. The predicted octanol–water partition coefficient (Wildman–Crippen LogP) is 3.41. The van der Waals surface area contributed by atoms with Crippen LogP contribution in [-0.2, 0) is 0 Å². The number of halogens is 1. The third-order valence-electron chi connectivity index (χ3n) is 2.45. The van der Waals surface area contributed by atoms with Crippen molar-refractivity contribution >= 4 is 0 Å². The maximum atomic E-state index is 11.9. The quantitative estimate of drug-likeness (QED) is 0.636. The summed E-state index contributed by atoms with van der Waals surface area (Å²) in [4.78, 5) is 0. The molecule has 0 heterocycles. The van der Waals surface area contributed by atoms with Crippen LogP contribution in [0.5, 0.6) is 0 Å². The summed E-state index contributed by atoms with van der Waals surface area (Å²) in [6.07, 6.45) is 9.61. The molecular formula is C13H12F. The number of hydrogen-bond acceptors (Lipinski definition) is 0. The molecule has 0 nitrogen and oxygen atoms in total. The van der Waals surface area contributed by atoms with Gasteiger partial charge in [-0.25, -0.2) is 4.39 Å². The van der Waals surface area contributed by atoms with E-state index in [2.05, 4.69) is 24.3 Å². The fourth-order valence-corrected chi connectivity index (χ4v) is 1.73. The molecular weight excluding hydrogens is 175 g/mol. The lowest BCUT2D eigenvalue weighted by Crippen LogP contribution is -1.90. The van der Waals surface area contributed by atoms with Crippen LogP contribution in [0.1, 0.15) is 23.5 Å². The Labute approximate surface area is 83.8 Å². The van der Waals surface area contributed by atoms with Crippen molar-refractivity contribution in [2.45, 2.75) is 12.3 Å². The highest BCUT2D eigenvalue weighted by Gasteiger charge is 2.14. The fraction of sp³-hybridized carbons (Fsp3) is 0.231. The Morgan fingerprint density at radius 1 is 1.29 bits per heavy atom. The summed E-state index contributed by atoms with van der Waals surface area (Å²) in [7, 11) is 0. The summed E-state index contributed by atoms with van der Waals surface area (Å²) in [6.45, 7) is -0.373. The maximum Gasteiger partial charge on any atom is 0.108 e. The number of alkyl halides is 1. The highest BCUT2D eigenvalue weighted by atomic mass is 19.1. The predicted molar refractivity (Wildman–Crippen MR) is 55.8 cm³/mol. The minimum Gasteiger partial charge on any atom is -0.247 e. The highest BCUT2D eigenvalue weighted by Crippen LogP contribution is 2.30. The molecule has 0 amide bonds. The van der Waals surface area contributed by atoms with Gasteiger partial charge in [0.05, 0.1) is 0 Å². The van der Waals surface area contributed by atoms with Gasteiger partial charge in [0, 0.05) is 5.92 Å². The molecule has 0 aliphatic heterocycles. The zero-order valence-corrected chi connectivity index (χ0v) is 7.91. The van der Waals surface area contributed by atoms with E-state index < -0.39 is 0 Å². The van der Waals surface area contributed by atoms with E-state index in [4.69, 9.17) is 0 Å². The van der Waals surface area contributed by atoms with Gasteiger partial charge in [0.2, 0.25) is 0 Å². The van der Waals surface area contributed by atoms with Crippen molar-refractivity contribution < 1.29 is 4.39 Å². The Kier molecular flexibility index (Phi) is 2.78. The SMILES string of the molecule is FC/C=C/CC1C=[C]c2ccccc21. The Hall–Kier alpha value is -1.37. The van der Waals surface area contributed by atoms with Crippen molar-refractivity contribution in [1.82, 2.24) is 0 Å². The molecule has 1 heteroatoms. The largest absolute Gasteiger partial charge is 0.247 e. The van der Waals surface area contributed by atoms with Gasteiger partial charge in [0.1, 0.15) is 6.67 Å². The second-order valence-electron chi connectivity index (χ2n) is 3.37. The molecule has 2 rings (SSSR count). The smallest absolute Gasteiger partial charge is 0.108 e. The fourth-order valence-electron chi connectivity index (χ4n) is 1.73. The third kappa shape index (κ3) is 1.77. The maximum absolute atomic E-state index is 11.9. The van der Waals surface area contributed by atoms with Crippen LogP contribution in [0.15, 0.2) is 42.5 Å². The lowest BCUT2D eigenvalue weighted by molar-refractivity contribution is 0.560. The molecule has 0 saturated heterocycles. The van der Waals surface area contributed by atoms with Crippen LogP contribution in [0, 0.1) is 6.08 Å². The summed E-state index contributed by atoms with van der Waals surface area (Å²) < 4.78 is 11.9. The molecule has 1 atom stereocenters.